The normalized spacial score (nSPS) is 9.64. The summed E-state index contributed by atoms with van der Waals surface area (Å²) < 4.78 is 4.81. The van der Waals surface area contributed by atoms with E-state index in [9.17, 15) is 4.79 Å². The fourth-order valence-corrected chi connectivity index (χ4v) is 0.554. The van der Waals surface area contributed by atoms with Crippen LogP contribution in [0.15, 0.2) is 0 Å². The number of rotatable bonds is 2. The second-order valence-electron chi connectivity index (χ2n) is 2.05. The second kappa shape index (κ2) is 3.14. The molecule has 0 saturated heterocycles. The number of aryl methyl sites for hydroxylation is 1. The Labute approximate surface area is 63.8 Å². The first-order valence-electron chi connectivity index (χ1n) is 3.32. The van der Waals surface area contributed by atoms with E-state index in [1.165, 1.54) is 0 Å². The van der Waals surface area contributed by atoms with Gasteiger partial charge in [-0.3, -0.25) is 4.79 Å². The van der Waals surface area contributed by atoms with E-state index in [2.05, 4.69) is 15.4 Å². The van der Waals surface area contributed by atoms with Gasteiger partial charge in [0.05, 0.1) is 0 Å². The lowest BCUT2D eigenvalue weighted by molar-refractivity contribution is -0.134. The van der Waals surface area contributed by atoms with E-state index in [1.54, 1.807) is 13.8 Å². The van der Waals surface area contributed by atoms with Crippen LogP contribution in [0.4, 0.5) is 0 Å². The third-order valence-electron chi connectivity index (χ3n) is 1.18. The molecule has 0 spiro atoms. The van der Waals surface area contributed by atoms with Gasteiger partial charge in [-0.25, -0.2) is 5.10 Å². The minimum atomic E-state index is -0.292. The third-order valence-corrected chi connectivity index (χ3v) is 1.18. The van der Waals surface area contributed by atoms with Gasteiger partial charge in [-0.15, -0.1) is 5.10 Å². The zero-order chi connectivity index (χ0) is 8.27. The summed E-state index contributed by atoms with van der Waals surface area (Å²) in [7, 11) is 0. The number of ether oxygens (including phenoxy) is 1. The maximum absolute atomic E-state index is 10.7. The number of carbonyl (C=O) groups is 1. The topological polar surface area (TPSA) is 67.9 Å². The van der Waals surface area contributed by atoms with Gasteiger partial charge in [-0.05, 0) is 6.92 Å². The van der Waals surface area contributed by atoms with Crippen molar-refractivity contribution in [3.05, 3.63) is 5.69 Å². The maximum Gasteiger partial charge on any atom is 0.312 e. The number of hydrogen-bond acceptors (Lipinski definition) is 4. The van der Waals surface area contributed by atoms with Gasteiger partial charge in [0.2, 0.25) is 5.88 Å². The van der Waals surface area contributed by atoms with Crippen molar-refractivity contribution in [3.63, 3.8) is 0 Å². The molecule has 11 heavy (non-hydrogen) atoms. The molecule has 0 unspecified atom stereocenters. The Balaban J connectivity index is 2.64. The Morgan fingerprint density at radius 3 is 2.91 bits per heavy atom. The summed E-state index contributed by atoms with van der Waals surface area (Å²) in [6, 6.07) is 0. The molecule has 0 aliphatic heterocycles. The zero-order valence-corrected chi connectivity index (χ0v) is 6.42. The van der Waals surface area contributed by atoms with Crippen LogP contribution < -0.4 is 4.74 Å². The number of carbonyl (C=O) groups excluding carboxylic acids is 1. The first kappa shape index (κ1) is 7.71. The van der Waals surface area contributed by atoms with Crippen LogP contribution in [-0.2, 0) is 4.79 Å². The summed E-state index contributed by atoms with van der Waals surface area (Å²) in [6.07, 6.45) is 0.346. The van der Waals surface area contributed by atoms with Crippen molar-refractivity contribution in [1.82, 2.24) is 15.4 Å². The predicted molar refractivity (Wildman–Crippen MR) is 37.0 cm³/mol. The molecule has 1 aromatic rings. The summed E-state index contributed by atoms with van der Waals surface area (Å²) in [6.45, 7) is 3.43. The van der Waals surface area contributed by atoms with Crippen LogP contribution in [0.25, 0.3) is 0 Å². The van der Waals surface area contributed by atoms with Gasteiger partial charge < -0.3 is 4.74 Å². The second-order valence-corrected chi connectivity index (χ2v) is 2.05. The molecule has 0 aliphatic carbocycles. The number of aromatic nitrogens is 3. The molecular formula is C6H9N3O2. The number of H-pyrrole nitrogens is 1. The third kappa shape index (κ3) is 1.76. The Hall–Kier alpha value is -1.39. The molecule has 5 heteroatoms. The standard InChI is InChI=1S/C6H9N3O2/c1-3-5(10)11-6-4(2)7-9-8-6/h3H2,1-2H3,(H,7,8,9). The van der Waals surface area contributed by atoms with Crippen molar-refractivity contribution in [2.75, 3.05) is 0 Å². The van der Waals surface area contributed by atoms with E-state index in [-0.39, 0.29) is 5.97 Å². The van der Waals surface area contributed by atoms with Crippen LogP contribution in [-0.4, -0.2) is 21.4 Å². The number of nitrogens with one attached hydrogen (secondary N) is 1. The number of esters is 1. The van der Waals surface area contributed by atoms with E-state index in [1.807, 2.05) is 0 Å². The molecule has 5 nitrogen and oxygen atoms in total. The van der Waals surface area contributed by atoms with Gasteiger partial charge in [0.1, 0.15) is 5.69 Å². The molecule has 1 heterocycles. The SMILES string of the molecule is CCC(=O)Oc1[nH]nnc1C. The van der Waals surface area contributed by atoms with Crippen LogP contribution in [0.3, 0.4) is 0 Å². The lowest BCUT2D eigenvalue weighted by Gasteiger charge is -1.96. The summed E-state index contributed by atoms with van der Waals surface area (Å²) >= 11 is 0. The van der Waals surface area contributed by atoms with Gasteiger partial charge in [0.15, 0.2) is 0 Å². The minimum absolute atomic E-state index is 0.292. The summed E-state index contributed by atoms with van der Waals surface area (Å²) in [5, 5.41) is 9.54. The van der Waals surface area contributed by atoms with Gasteiger partial charge in [0.25, 0.3) is 0 Å². The maximum atomic E-state index is 10.7. The molecule has 0 saturated carbocycles. The fraction of sp³-hybridized carbons (Fsp3) is 0.500. The number of aromatic amines is 1. The molecule has 0 amide bonds. The lowest BCUT2D eigenvalue weighted by atomic mass is 10.5. The van der Waals surface area contributed by atoms with E-state index >= 15 is 0 Å². The largest absolute Gasteiger partial charge is 0.406 e. The fourth-order valence-electron chi connectivity index (χ4n) is 0.554. The van der Waals surface area contributed by atoms with Crippen molar-refractivity contribution in [2.45, 2.75) is 20.3 Å². The Bertz CT molecular complexity index is 256. The first-order chi connectivity index (χ1) is 5.24. The van der Waals surface area contributed by atoms with E-state index in [0.29, 0.717) is 18.0 Å². The molecule has 1 rings (SSSR count). The zero-order valence-electron chi connectivity index (χ0n) is 6.42. The van der Waals surface area contributed by atoms with Crippen LogP contribution in [0.5, 0.6) is 5.88 Å². The van der Waals surface area contributed by atoms with Gasteiger partial charge in [-0.1, -0.05) is 12.1 Å². The molecule has 60 valence electrons. The van der Waals surface area contributed by atoms with Crippen molar-refractivity contribution in [3.8, 4) is 5.88 Å². The van der Waals surface area contributed by atoms with Gasteiger partial charge in [0, 0.05) is 6.42 Å². The predicted octanol–water partition coefficient (Wildman–Crippen LogP) is 0.429. The molecular weight excluding hydrogens is 146 g/mol. The summed E-state index contributed by atoms with van der Waals surface area (Å²) in [5.74, 6) is 0.0380. The average molecular weight is 155 g/mol. The van der Waals surface area contributed by atoms with Crippen molar-refractivity contribution in [1.29, 1.82) is 0 Å². The number of hydrogen-bond donors (Lipinski definition) is 1. The van der Waals surface area contributed by atoms with Crippen LogP contribution >= 0.6 is 0 Å². The average Bonchev–Trinajstić information content (AvgIpc) is 2.37. The summed E-state index contributed by atoms with van der Waals surface area (Å²) in [5.41, 5.74) is 0.590. The molecule has 0 atom stereocenters. The molecule has 0 aromatic carbocycles. The highest BCUT2D eigenvalue weighted by Crippen LogP contribution is 2.08. The van der Waals surface area contributed by atoms with Crippen LogP contribution in [0, 0.1) is 6.92 Å². The molecule has 0 bridgehead atoms. The molecule has 0 fully saturated rings. The lowest BCUT2D eigenvalue weighted by Crippen LogP contribution is -2.06. The molecule has 0 aliphatic rings. The highest BCUT2D eigenvalue weighted by Gasteiger charge is 2.06. The highest BCUT2D eigenvalue weighted by molar-refractivity contribution is 5.71. The monoisotopic (exact) mass is 155 g/mol. The van der Waals surface area contributed by atoms with Crippen molar-refractivity contribution in [2.24, 2.45) is 0 Å². The van der Waals surface area contributed by atoms with Crippen LogP contribution in [0.1, 0.15) is 19.0 Å². The molecule has 0 radical (unpaired) electrons. The summed E-state index contributed by atoms with van der Waals surface area (Å²) in [4.78, 5) is 10.7. The molecule has 1 N–H and O–H groups in total. The highest BCUT2D eigenvalue weighted by atomic mass is 16.5. The van der Waals surface area contributed by atoms with Crippen molar-refractivity contribution >= 4 is 5.97 Å². The van der Waals surface area contributed by atoms with E-state index in [4.69, 9.17) is 4.74 Å². The first-order valence-corrected chi connectivity index (χ1v) is 3.32. The Morgan fingerprint density at radius 1 is 1.73 bits per heavy atom. The number of nitrogens with zero attached hydrogens (tertiary/aromatic N) is 2. The van der Waals surface area contributed by atoms with Crippen LogP contribution in [0.2, 0.25) is 0 Å². The van der Waals surface area contributed by atoms with Gasteiger partial charge >= 0.3 is 5.97 Å². The minimum Gasteiger partial charge on any atom is -0.406 e. The Morgan fingerprint density at radius 2 is 2.45 bits per heavy atom. The Kier molecular flexibility index (Phi) is 2.20. The van der Waals surface area contributed by atoms with Crippen molar-refractivity contribution < 1.29 is 9.53 Å². The van der Waals surface area contributed by atoms with Gasteiger partial charge in [-0.2, -0.15) is 0 Å². The van der Waals surface area contributed by atoms with E-state index in [0.717, 1.165) is 0 Å². The smallest absolute Gasteiger partial charge is 0.312 e. The van der Waals surface area contributed by atoms with E-state index < -0.39 is 0 Å². The quantitative estimate of drug-likeness (QED) is 0.629. The molecule has 1 aromatic heterocycles.